The van der Waals surface area contributed by atoms with Crippen molar-refractivity contribution in [2.75, 3.05) is 46.2 Å². The van der Waals surface area contributed by atoms with Gasteiger partial charge in [0.15, 0.2) is 24.2 Å². The van der Waals surface area contributed by atoms with Crippen LogP contribution in [-0.2, 0) is 33.2 Å². The van der Waals surface area contributed by atoms with Crippen molar-refractivity contribution in [1.29, 1.82) is 0 Å². The molecule has 5 aromatic carbocycles. The smallest absolute Gasteiger partial charge is 0.161 e. The highest BCUT2D eigenvalue weighted by atomic mass is 19.2. The van der Waals surface area contributed by atoms with Gasteiger partial charge in [-0.05, 0) is 320 Å². The molecule has 13 nitrogen and oxygen atoms in total. The van der Waals surface area contributed by atoms with Crippen LogP contribution in [0.2, 0.25) is 0 Å². The van der Waals surface area contributed by atoms with Crippen LogP contribution in [-0.4, -0.2) is 107 Å². The fraction of sp³-hybridized carbons (Fsp3) is 0.533. The molecule has 0 amide bonds. The van der Waals surface area contributed by atoms with Crippen LogP contribution in [0, 0.1) is 195 Å². The summed E-state index contributed by atoms with van der Waals surface area (Å²) in [5, 5.41) is 0. The Balaban J connectivity index is 0.000000675. The zero-order chi connectivity index (χ0) is 95.0. The summed E-state index contributed by atoms with van der Waals surface area (Å²) in [4.78, 5) is 24.0. The number of aromatic nitrogens is 6. The second-order valence-corrected chi connectivity index (χ2v) is 35.0. The van der Waals surface area contributed by atoms with E-state index >= 15 is 0 Å². The van der Waals surface area contributed by atoms with Crippen molar-refractivity contribution < 1.29 is 59.5 Å². The molecule has 0 N–H and O–H groups in total. The van der Waals surface area contributed by atoms with E-state index in [2.05, 4.69) is 155 Å². The van der Waals surface area contributed by atoms with E-state index in [1.807, 2.05) is 145 Å². The molecule has 9 aromatic rings. The highest BCUT2D eigenvalue weighted by Crippen LogP contribution is 2.28. The summed E-state index contributed by atoms with van der Waals surface area (Å²) >= 11 is 0. The first-order valence-corrected chi connectivity index (χ1v) is 44.9. The zero-order valence-electron chi connectivity index (χ0n) is 82.4. The first kappa shape index (κ1) is 116. The average Bonchev–Trinajstić information content (AvgIpc) is 0.891. The Bertz CT molecular complexity index is 3710. The SMILES string of the molecule is CC1=CCC(C)OC1.CC1CCC(C)CC1.CC1CCC(C)OC1.CC1CCC(C)OC1.CC1COC(C)OC1.CC1COC(C)OC1.Cc1cc(F)c(C)c(F)c1.Cc1ccc(C)c(F)c1.Cc1ccc(C)c(F)c1.Cc1ccc(C)c(F)c1F.Cc1ccc(C)cc1.Cc1ccc(C)nc1.Cc1ccc(C)nc1.Cc1cnc(C)nc1.Cc1cnc(C)nc1. The molecule has 1 aliphatic carbocycles. The summed E-state index contributed by atoms with van der Waals surface area (Å²) in [5.74, 6) is 3.79. The quantitative estimate of drug-likeness (QED) is 0.105. The molecule has 0 spiro atoms. The Labute approximate surface area is 757 Å². The predicted octanol–water partition coefficient (Wildman–Crippen LogP) is 28.2. The van der Waals surface area contributed by atoms with Crippen molar-refractivity contribution in [1.82, 2.24) is 29.9 Å². The van der Waals surface area contributed by atoms with Gasteiger partial charge in [0.25, 0.3) is 0 Å². The van der Waals surface area contributed by atoms with E-state index in [1.54, 1.807) is 45.0 Å². The van der Waals surface area contributed by atoms with Gasteiger partial charge in [0, 0.05) is 79.2 Å². The van der Waals surface area contributed by atoms with Crippen LogP contribution in [0.25, 0.3) is 0 Å². The molecule has 4 aromatic heterocycles. The van der Waals surface area contributed by atoms with Crippen LogP contribution in [0.4, 0.5) is 26.3 Å². The number of pyridine rings is 2. The number of nitrogens with zero attached hydrogens (tertiary/aromatic N) is 6. The molecule has 700 valence electrons. The molecule has 4 saturated heterocycles. The number of hydrogen-bond acceptors (Lipinski definition) is 13. The largest absolute Gasteiger partial charge is 0.378 e. The van der Waals surface area contributed by atoms with Gasteiger partial charge < -0.3 is 33.2 Å². The van der Waals surface area contributed by atoms with Crippen molar-refractivity contribution in [3.05, 3.63) is 294 Å². The maximum Gasteiger partial charge on any atom is 0.161 e. The van der Waals surface area contributed by atoms with Gasteiger partial charge in [0.1, 0.15) is 34.9 Å². The van der Waals surface area contributed by atoms with Crippen LogP contribution in [0.3, 0.4) is 0 Å². The molecule has 5 atom stereocenters. The normalized spacial score (nSPS) is 20.4. The molecule has 6 aliphatic rings. The minimum Gasteiger partial charge on any atom is -0.378 e. The third-order valence-electron chi connectivity index (χ3n) is 20.3. The van der Waals surface area contributed by atoms with E-state index in [4.69, 9.17) is 33.2 Å². The van der Waals surface area contributed by atoms with Crippen LogP contribution < -0.4 is 0 Å². The van der Waals surface area contributed by atoms with E-state index in [0.717, 1.165) is 122 Å². The van der Waals surface area contributed by atoms with Gasteiger partial charge in [-0.15, -0.1) is 0 Å². The van der Waals surface area contributed by atoms with Crippen molar-refractivity contribution >= 4 is 0 Å². The fourth-order valence-corrected chi connectivity index (χ4v) is 11.2. The van der Waals surface area contributed by atoms with Crippen LogP contribution in [0.1, 0.15) is 242 Å². The molecule has 0 radical (unpaired) electrons. The van der Waals surface area contributed by atoms with Crippen molar-refractivity contribution in [3.8, 4) is 0 Å². The monoisotopic (exact) mass is 1750 g/mol. The van der Waals surface area contributed by atoms with Gasteiger partial charge in [-0.25, -0.2) is 46.3 Å². The summed E-state index contributed by atoms with van der Waals surface area (Å²) in [6, 6.07) is 32.8. The van der Waals surface area contributed by atoms with E-state index in [9.17, 15) is 26.3 Å². The highest BCUT2D eigenvalue weighted by molar-refractivity contribution is 5.26. The Morgan fingerprint density at radius 1 is 0.254 bits per heavy atom. The first-order chi connectivity index (χ1) is 59.3. The third-order valence-corrected chi connectivity index (χ3v) is 20.3. The fourth-order valence-electron chi connectivity index (χ4n) is 11.2. The number of ether oxygens (including phenoxy) is 7. The standard InChI is InChI=1S/2C8H8F2.2C8H9F.C8H16.C8H10.2C7H9N.2C7H14O.C7H12O.2C6H8N2.2C6H12O2/c1-5-3-7(9)6(2)8(10)4-5;1-5-3-4-6(2)8(10)7(5)9;2*1-6-3-4-7(2)8(9)5-6;2*1-7-3-5-8(2)6-4-7;5*1-6-3-4-7(2)8-5-6;4*1-5-3-7-6(2)8-4-5/h2*3-4H,1-2H3;2*3-5H,1-2H3;7-8H,3-6H2,1-2H3;3-6H,1-2H3;2*3-5H,1-2H3;2*6-7H,3-5H2,1-2H3;3,7H,4-5H2,1-2H3;2*3-4H,1-2H3;2*5-6H,3-4H2,1-2H3. The summed E-state index contributed by atoms with van der Waals surface area (Å²) in [6.07, 6.45) is 26.9. The van der Waals surface area contributed by atoms with Crippen LogP contribution in [0.15, 0.2) is 158 Å². The molecule has 0 bridgehead atoms. The molecular formula is C107H158F6N6O7. The number of hydrogen-bond donors (Lipinski definition) is 0. The van der Waals surface area contributed by atoms with Crippen molar-refractivity contribution in [3.63, 3.8) is 0 Å². The second kappa shape index (κ2) is 66.0. The molecule has 15 rings (SSSR count). The second-order valence-electron chi connectivity index (χ2n) is 35.0. The van der Waals surface area contributed by atoms with Gasteiger partial charge in [0.2, 0.25) is 0 Å². The number of benzene rings is 5. The molecule has 19 heteroatoms. The minimum atomic E-state index is -0.736. The summed E-state index contributed by atoms with van der Waals surface area (Å²) in [7, 11) is 0. The lowest BCUT2D eigenvalue weighted by molar-refractivity contribution is -0.187. The Kier molecular flexibility index (Phi) is 60.6. The van der Waals surface area contributed by atoms with Crippen molar-refractivity contribution in [2.45, 2.75) is 296 Å². The Morgan fingerprint density at radius 3 is 0.778 bits per heavy atom. The zero-order valence-corrected chi connectivity index (χ0v) is 82.4. The maximum atomic E-state index is 12.6. The van der Waals surface area contributed by atoms with Crippen molar-refractivity contribution in [2.24, 2.45) is 35.5 Å². The lowest BCUT2D eigenvalue weighted by atomic mass is 9.84. The molecule has 1 saturated carbocycles. The van der Waals surface area contributed by atoms with Gasteiger partial charge >= 0.3 is 0 Å². The summed E-state index contributed by atoms with van der Waals surface area (Å²) < 4.78 is 112. The van der Waals surface area contributed by atoms with E-state index in [-0.39, 0.29) is 29.8 Å². The summed E-state index contributed by atoms with van der Waals surface area (Å²) in [6.45, 7) is 65.3. The molecule has 5 aliphatic heterocycles. The first-order valence-electron chi connectivity index (χ1n) is 44.9. The van der Waals surface area contributed by atoms with Crippen LogP contribution >= 0.6 is 0 Å². The van der Waals surface area contributed by atoms with E-state index < -0.39 is 23.3 Å². The molecule has 126 heavy (non-hydrogen) atoms. The lowest BCUT2D eigenvalue weighted by Crippen LogP contribution is -2.27. The molecule has 5 fully saturated rings. The van der Waals surface area contributed by atoms with E-state index in [0.29, 0.717) is 58.0 Å². The topological polar surface area (TPSA) is 142 Å². The Hall–Kier alpha value is -8.40. The minimum absolute atomic E-state index is 0.0196. The van der Waals surface area contributed by atoms with Gasteiger partial charge in [-0.1, -0.05) is 163 Å². The van der Waals surface area contributed by atoms with Crippen LogP contribution in [0.5, 0.6) is 0 Å². The predicted molar refractivity (Wildman–Crippen MR) is 509 cm³/mol. The van der Waals surface area contributed by atoms with E-state index in [1.165, 1.54) is 124 Å². The number of rotatable bonds is 0. The molecule has 9 heterocycles. The number of aryl methyl sites for hydroxylation is 17. The van der Waals surface area contributed by atoms with Gasteiger partial charge in [-0.3, -0.25) is 9.97 Å². The maximum absolute atomic E-state index is 12.6. The van der Waals surface area contributed by atoms with Gasteiger partial charge in [0.05, 0.1) is 51.3 Å². The lowest BCUT2D eigenvalue weighted by Gasteiger charge is -2.24. The van der Waals surface area contributed by atoms with Gasteiger partial charge in [-0.2, -0.15) is 0 Å². The summed E-state index contributed by atoms with van der Waals surface area (Å²) in [5.41, 5.74) is 15.6. The molecular weight excluding hydrogens is 1600 g/mol. The average molecular weight is 1750 g/mol. The third kappa shape index (κ3) is 58.9. The number of halogens is 6. The Morgan fingerprint density at radius 2 is 0.540 bits per heavy atom. The molecule has 5 unspecified atom stereocenters. The highest BCUT2D eigenvalue weighted by Gasteiger charge is 2.18.